The minimum Gasteiger partial charge on any atom is -0.379 e. The molecule has 2 aliphatic heterocycles. The molecule has 204 valence electrons. The molecular formula is C28H35ClN4O5. The standard InChI is InChI=1S/C28H35ClN4O5/c29-22-6-8-23(9-7-22)30-26(34)19-24(20-38-18-15-32-13-16-37-17-14-32)31-28(36)21-4-10-25(11-5-21)33-12-2-1-3-27(33)35/h4-11,24H,1-3,12-20H2,(H,30,34)(H,31,36). The van der Waals surface area contributed by atoms with E-state index in [-0.39, 0.29) is 30.7 Å². The van der Waals surface area contributed by atoms with Crippen molar-refractivity contribution in [2.24, 2.45) is 0 Å². The Morgan fingerprint density at radius 1 is 1.00 bits per heavy atom. The first-order valence-corrected chi connectivity index (χ1v) is 13.5. The summed E-state index contributed by atoms with van der Waals surface area (Å²) >= 11 is 5.93. The van der Waals surface area contributed by atoms with Gasteiger partial charge in [-0.1, -0.05) is 11.6 Å². The summed E-state index contributed by atoms with van der Waals surface area (Å²) in [5.41, 5.74) is 1.87. The van der Waals surface area contributed by atoms with Gasteiger partial charge in [-0.15, -0.1) is 0 Å². The Morgan fingerprint density at radius 2 is 1.74 bits per heavy atom. The van der Waals surface area contributed by atoms with E-state index in [0.717, 1.165) is 38.2 Å². The largest absolute Gasteiger partial charge is 0.379 e. The topological polar surface area (TPSA) is 100 Å². The van der Waals surface area contributed by atoms with Crippen LogP contribution >= 0.6 is 11.6 Å². The number of carbonyl (C=O) groups is 3. The van der Waals surface area contributed by atoms with Gasteiger partial charge >= 0.3 is 0 Å². The van der Waals surface area contributed by atoms with Crippen LogP contribution in [0.25, 0.3) is 0 Å². The molecule has 2 fully saturated rings. The second-order valence-corrected chi connectivity index (χ2v) is 9.94. The first-order chi connectivity index (χ1) is 18.5. The third kappa shape index (κ3) is 8.52. The Labute approximate surface area is 228 Å². The zero-order chi connectivity index (χ0) is 26.7. The molecule has 4 rings (SSSR count). The number of anilines is 2. The lowest BCUT2D eigenvalue weighted by molar-refractivity contribution is -0.119. The number of halogens is 1. The molecule has 1 unspecified atom stereocenters. The Balaban J connectivity index is 1.34. The lowest BCUT2D eigenvalue weighted by Gasteiger charge is -2.27. The summed E-state index contributed by atoms with van der Waals surface area (Å²) in [6.45, 7) is 5.31. The second-order valence-electron chi connectivity index (χ2n) is 9.51. The summed E-state index contributed by atoms with van der Waals surface area (Å²) in [5.74, 6) is -0.439. The normalized spacial score (nSPS) is 17.2. The molecule has 2 aromatic rings. The van der Waals surface area contributed by atoms with E-state index in [1.807, 2.05) is 0 Å². The highest BCUT2D eigenvalue weighted by atomic mass is 35.5. The van der Waals surface area contributed by atoms with Crippen LogP contribution in [0.5, 0.6) is 0 Å². The number of nitrogens with zero attached hydrogens (tertiary/aromatic N) is 2. The van der Waals surface area contributed by atoms with Crippen molar-refractivity contribution in [3.8, 4) is 0 Å². The molecule has 3 amide bonds. The molecule has 2 aromatic carbocycles. The van der Waals surface area contributed by atoms with Gasteiger partial charge in [0, 0.05) is 61.0 Å². The number of carbonyl (C=O) groups excluding carboxylic acids is 3. The SMILES string of the molecule is O=C(CC(COCCN1CCOCC1)NC(=O)c1ccc(N2CCCCC2=O)cc1)Nc1ccc(Cl)cc1. The lowest BCUT2D eigenvalue weighted by Crippen LogP contribution is -2.42. The fourth-order valence-electron chi connectivity index (χ4n) is 4.51. The Morgan fingerprint density at radius 3 is 2.45 bits per heavy atom. The Kier molecular flexibility index (Phi) is 10.5. The van der Waals surface area contributed by atoms with E-state index in [9.17, 15) is 14.4 Å². The van der Waals surface area contributed by atoms with Gasteiger partial charge in [-0.05, 0) is 61.4 Å². The van der Waals surface area contributed by atoms with E-state index >= 15 is 0 Å². The van der Waals surface area contributed by atoms with Crippen molar-refractivity contribution in [3.05, 3.63) is 59.1 Å². The molecule has 0 bridgehead atoms. The van der Waals surface area contributed by atoms with E-state index < -0.39 is 6.04 Å². The smallest absolute Gasteiger partial charge is 0.251 e. The second kappa shape index (κ2) is 14.2. The quantitative estimate of drug-likeness (QED) is 0.423. The number of hydrogen-bond acceptors (Lipinski definition) is 6. The monoisotopic (exact) mass is 542 g/mol. The highest BCUT2D eigenvalue weighted by molar-refractivity contribution is 6.30. The van der Waals surface area contributed by atoms with Crippen molar-refractivity contribution >= 4 is 40.7 Å². The number of hydrogen-bond donors (Lipinski definition) is 2. The average Bonchev–Trinajstić information content (AvgIpc) is 2.93. The third-order valence-corrected chi connectivity index (χ3v) is 6.89. The molecule has 0 spiro atoms. The Bertz CT molecular complexity index is 1070. The van der Waals surface area contributed by atoms with Crippen LogP contribution < -0.4 is 15.5 Å². The molecule has 2 aliphatic rings. The maximum absolute atomic E-state index is 13.0. The van der Waals surface area contributed by atoms with Gasteiger partial charge in [-0.25, -0.2) is 0 Å². The van der Waals surface area contributed by atoms with E-state index in [2.05, 4.69) is 15.5 Å². The summed E-state index contributed by atoms with van der Waals surface area (Å²) in [7, 11) is 0. The van der Waals surface area contributed by atoms with Gasteiger partial charge in [-0.2, -0.15) is 0 Å². The molecule has 0 aliphatic carbocycles. The van der Waals surface area contributed by atoms with Crippen LogP contribution in [0.1, 0.15) is 36.0 Å². The molecule has 9 nitrogen and oxygen atoms in total. The van der Waals surface area contributed by atoms with Gasteiger partial charge < -0.3 is 25.0 Å². The van der Waals surface area contributed by atoms with Gasteiger partial charge in [-0.3, -0.25) is 19.3 Å². The number of amides is 3. The van der Waals surface area contributed by atoms with Crippen LogP contribution in [-0.4, -0.2) is 81.3 Å². The molecule has 2 saturated heterocycles. The highest BCUT2D eigenvalue weighted by Crippen LogP contribution is 2.21. The Hall–Kier alpha value is -2.98. The fourth-order valence-corrected chi connectivity index (χ4v) is 4.63. The molecule has 0 radical (unpaired) electrons. The maximum Gasteiger partial charge on any atom is 0.251 e. The summed E-state index contributed by atoms with van der Waals surface area (Å²) in [6, 6.07) is 13.3. The van der Waals surface area contributed by atoms with Gasteiger partial charge in [0.25, 0.3) is 5.91 Å². The molecule has 1 atom stereocenters. The molecule has 38 heavy (non-hydrogen) atoms. The summed E-state index contributed by atoms with van der Waals surface area (Å²) < 4.78 is 11.2. The zero-order valence-electron chi connectivity index (χ0n) is 21.5. The van der Waals surface area contributed by atoms with Gasteiger partial charge in [0.1, 0.15) is 0 Å². The van der Waals surface area contributed by atoms with Crippen molar-refractivity contribution in [2.45, 2.75) is 31.7 Å². The first-order valence-electron chi connectivity index (χ1n) is 13.1. The number of nitrogens with one attached hydrogen (secondary N) is 2. The minimum atomic E-state index is -0.525. The minimum absolute atomic E-state index is 0.0479. The van der Waals surface area contributed by atoms with Crippen molar-refractivity contribution in [1.82, 2.24) is 10.2 Å². The predicted molar refractivity (Wildman–Crippen MR) is 147 cm³/mol. The number of morpholine rings is 1. The highest BCUT2D eigenvalue weighted by Gasteiger charge is 2.21. The molecule has 2 N–H and O–H groups in total. The van der Waals surface area contributed by atoms with E-state index in [4.69, 9.17) is 21.1 Å². The van der Waals surface area contributed by atoms with Crippen LogP contribution in [0, 0.1) is 0 Å². The van der Waals surface area contributed by atoms with Crippen molar-refractivity contribution in [3.63, 3.8) is 0 Å². The van der Waals surface area contributed by atoms with Crippen molar-refractivity contribution in [2.75, 3.05) is 62.8 Å². The summed E-state index contributed by atoms with van der Waals surface area (Å²) in [5, 5.41) is 6.37. The third-order valence-electron chi connectivity index (χ3n) is 6.63. The van der Waals surface area contributed by atoms with Crippen LogP contribution in [0.2, 0.25) is 5.02 Å². The van der Waals surface area contributed by atoms with E-state index in [1.54, 1.807) is 53.4 Å². The first kappa shape index (κ1) is 28.0. The summed E-state index contributed by atoms with van der Waals surface area (Å²) in [6.07, 6.45) is 2.48. The van der Waals surface area contributed by atoms with Crippen molar-refractivity contribution < 1.29 is 23.9 Å². The van der Waals surface area contributed by atoms with Crippen LogP contribution in [-0.2, 0) is 19.1 Å². The van der Waals surface area contributed by atoms with Crippen LogP contribution in [0.3, 0.4) is 0 Å². The van der Waals surface area contributed by atoms with E-state index in [0.29, 0.717) is 49.1 Å². The number of ether oxygens (including phenoxy) is 2. The molecule has 0 saturated carbocycles. The predicted octanol–water partition coefficient (Wildman–Crippen LogP) is 3.33. The van der Waals surface area contributed by atoms with Crippen LogP contribution in [0.15, 0.2) is 48.5 Å². The number of piperidine rings is 1. The molecule has 0 aromatic heterocycles. The molecule has 10 heteroatoms. The molecule has 2 heterocycles. The average molecular weight is 543 g/mol. The fraction of sp³-hybridized carbons (Fsp3) is 0.464. The lowest BCUT2D eigenvalue weighted by atomic mass is 10.1. The number of rotatable bonds is 11. The number of benzene rings is 2. The van der Waals surface area contributed by atoms with Crippen molar-refractivity contribution in [1.29, 1.82) is 0 Å². The summed E-state index contributed by atoms with van der Waals surface area (Å²) in [4.78, 5) is 42.0. The van der Waals surface area contributed by atoms with E-state index in [1.165, 1.54) is 0 Å². The van der Waals surface area contributed by atoms with Gasteiger partial charge in [0.05, 0.1) is 32.5 Å². The van der Waals surface area contributed by atoms with Gasteiger partial charge in [0.2, 0.25) is 11.8 Å². The maximum atomic E-state index is 13.0. The molecular weight excluding hydrogens is 508 g/mol. The van der Waals surface area contributed by atoms with Gasteiger partial charge in [0.15, 0.2) is 0 Å². The van der Waals surface area contributed by atoms with Crippen LogP contribution in [0.4, 0.5) is 11.4 Å². The zero-order valence-corrected chi connectivity index (χ0v) is 22.3.